The summed E-state index contributed by atoms with van der Waals surface area (Å²) < 4.78 is 5.62. The molecule has 66 valence electrons. The van der Waals surface area contributed by atoms with Crippen LogP contribution in [-0.2, 0) is 9.53 Å². The van der Waals surface area contributed by atoms with Gasteiger partial charge in [-0.25, -0.2) is 0 Å². The van der Waals surface area contributed by atoms with Crippen LogP contribution in [0.3, 0.4) is 0 Å². The van der Waals surface area contributed by atoms with Crippen molar-refractivity contribution in [3.63, 3.8) is 0 Å². The number of carbonyl (C=O) groups excluding carboxylic acids is 1. The van der Waals surface area contributed by atoms with Crippen LogP contribution in [0, 0.1) is 5.92 Å². The number of rotatable bonds is 0. The zero-order chi connectivity index (χ0) is 8.93. The summed E-state index contributed by atoms with van der Waals surface area (Å²) in [4.78, 5) is 11.5. The number of hydrogen-bond acceptors (Lipinski definition) is 2. The summed E-state index contributed by atoms with van der Waals surface area (Å²) in [5.74, 6) is -0.0320. The summed E-state index contributed by atoms with van der Waals surface area (Å²) in [5, 5.41) is -0.494. The van der Waals surface area contributed by atoms with Crippen molar-refractivity contribution in [3.8, 4) is 0 Å². The number of alkyl halides is 1. The van der Waals surface area contributed by atoms with Crippen molar-refractivity contribution in [1.82, 2.24) is 0 Å². The van der Waals surface area contributed by atoms with E-state index < -0.39 is 11.0 Å². The zero-order valence-electron chi connectivity index (χ0n) is 7.08. The van der Waals surface area contributed by atoms with Crippen LogP contribution in [0.15, 0.2) is 12.2 Å². The summed E-state index contributed by atoms with van der Waals surface area (Å²) in [6, 6.07) is 0. The third-order valence-corrected chi connectivity index (χ3v) is 3.32. The average molecular weight is 187 g/mol. The molecule has 1 saturated heterocycles. The van der Waals surface area contributed by atoms with Crippen LogP contribution in [0.1, 0.15) is 13.8 Å². The largest absolute Gasteiger partial charge is 0.361 e. The maximum atomic E-state index is 11.5. The monoisotopic (exact) mass is 186 g/mol. The van der Waals surface area contributed by atoms with Gasteiger partial charge in [0.25, 0.3) is 0 Å². The Morgan fingerprint density at radius 3 is 3.00 bits per heavy atom. The van der Waals surface area contributed by atoms with E-state index in [0.29, 0.717) is 0 Å². The third-order valence-electron chi connectivity index (χ3n) is 2.85. The van der Waals surface area contributed by atoms with Crippen LogP contribution in [0.25, 0.3) is 0 Å². The molecule has 2 bridgehead atoms. The van der Waals surface area contributed by atoms with E-state index in [-0.39, 0.29) is 17.8 Å². The molecule has 0 aromatic heterocycles. The molecular weight excluding hydrogens is 176 g/mol. The molecule has 2 rings (SSSR count). The second kappa shape index (κ2) is 2.33. The summed E-state index contributed by atoms with van der Waals surface area (Å²) in [6.07, 6.45) is 3.63. The number of halogens is 1. The third kappa shape index (κ3) is 0.882. The Balaban J connectivity index is 2.38. The molecule has 2 nitrogen and oxygen atoms in total. The average Bonchev–Trinajstić information content (AvgIpc) is 2.41. The Hall–Kier alpha value is -0.340. The first-order chi connectivity index (χ1) is 5.54. The van der Waals surface area contributed by atoms with Gasteiger partial charge >= 0.3 is 0 Å². The van der Waals surface area contributed by atoms with Gasteiger partial charge in [-0.3, -0.25) is 4.79 Å². The Bertz CT molecular complexity index is 261. The fourth-order valence-corrected chi connectivity index (χ4v) is 2.07. The first-order valence-corrected chi connectivity index (χ1v) is 4.53. The summed E-state index contributed by atoms with van der Waals surface area (Å²) in [7, 11) is 0. The number of fused-ring (bicyclic) bond motifs is 2. The molecule has 0 aromatic carbocycles. The van der Waals surface area contributed by atoms with Crippen LogP contribution in [0.4, 0.5) is 0 Å². The fraction of sp³-hybridized carbons (Fsp3) is 0.667. The number of Topliss-reactive ketones (excluding diaryl/α,β-unsaturated/α-hetero) is 1. The highest BCUT2D eigenvalue weighted by Crippen LogP contribution is 2.39. The van der Waals surface area contributed by atoms with E-state index >= 15 is 0 Å². The fourth-order valence-electron chi connectivity index (χ4n) is 1.74. The van der Waals surface area contributed by atoms with Gasteiger partial charge in [0.2, 0.25) is 0 Å². The lowest BCUT2D eigenvalue weighted by molar-refractivity contribution is -0.144. The van der Waals surface area contributed by atoms with Crippen molar-refractivity contribution in [3.05, 3.63) is 12.2 Å². The molecule has 0 saturated carbocycles. The predicted octanol–water partition coefficient (Wildman–Crippen LogP) is 1.53. The first kappa shape index (κ1) is 8.27. The molecular formula is C9H11ClO2. The van der Waals surface area contributed by atoms with Crippen molar-refractivity contribution in [1.29, 1.82) is 0 Å². The molecule has 4 atom stereocenters. The molecule has 2 aliphatic heterocycles. The minimum Gasteiger partial charge on any atom is -0.361 e. The smallest absolute Gasteiger partial charge is 0.159 e. The Kier molecular flexibility index (Phi) is 1.61. The SMILES string of the molecule is CC1C(=O)C(Cl)C2C=CC1(C)O2. The molecule has 0 spiro atoms. The van der Waals surface area contributed by atoms with Gasteiger partial charge in [-0.2, -0.15) is 0 Å². The molecule has 4 unspecified atom stereocenters. The van der Waals surface area contributed by atoms with E-state index in [4.69, 9.17) is 16.3 Å². The van der Waals surface area contributed by atoms with Crippen LogP contribution in [0.2, 0.25) is 0 Å². The minimum atomic E-state index is -0.494. The van der Waals surface area contributed by atoms with E-state index in [1.165, 1.54) is 0 Å². The Morgan fingerprint density at radius 2 is 2.33 bits per heavy atom. The highest BCUT2D eigenvalue weighted by Gasteiger charge is 2.50. The van der Waals surface area contributed by atoms with Gasteiger partial charge in [0.15, 0.2) is 5.78 Å². The topological polar surface area (TPSA) is 26.3 Å². The van der Waals surface area contributed by atoms with E-state index in [1.54, 1.807) is 0 Å². The van der Waals surface area contributed by atoms with E-state index in [9.17, 15) is 4.79 Å². The number of hydrogen-bond donors (Lipinski definition) is 0. The highest BCUT2D eigenvalue weighted by atomic mass is 35.5. The van der Waals surface area contributed by atoms with Gasteiger partial charge in [-0.15, -0.1) is 11.6 Å². The predicted molar refractivity (Wildman–Crippen MR) is 46.2 cm³/mol. The van der Waals surface area contributed by atoms with Gasteiger partial charge in [0, 0.05) is 5.92 Å². The first-order valence-electron chi connectivity index (χ1n) is 4.09. The highest BCUT2D eigenvalue weighted by molar-refractivity contribution is 6.32. The maximum Gasteiger partial charge on any atom is 0.159 e. The van der Waals surface area contributed by atoms with E-state index in [1.807, 2.05) is 26.0 Å². The van der Waals surface area contributed by atoms with Crippen LogP contribution >= 0.6 is 11.6 Å². The summed E-state index contributed by atoms with van der Waals surface area (Å²) in [6.45, 7) is 3.79. The second-order valence-corrected chi connectivity index (χ2v) is 4.12. The van der Waals surface area contributed by atoms with Gasteiger partial charge in [-0.1, -0.05) is 19.1 Å². The lowest BCUT2D eigenvalue weighted by Crippen LogP contribution is -2.49. The van der Waals surface area contributed by atoms with Crippen molar-refractivity contribution >= 4 is 17.4 Å². The van der Waals surface area contributed by atoms with E-state index in [0.717, 1.165) is 0 Å². The Morgan fingerprint density at radius 1 is 1.67 bits per heavy atom. The quantitative estimate of drug-likeness (QED) is 0.424. The van der Waals surface area contributed by atoms with Crippen molar-refractivity contribution in [2.75, 3.05) is 0 Å². The van der Waals surface area contributed by atoms with Crippen molar-refractivity contribution in [2.45, 2.75) is 30.9 Å². The molecule has 0 N–H and O–H groups in total. The maximum absolute atomic E-state index is 11.5. The molecule has 1 fully saturated rings. The molecule has 2 heterocycles. The molecule has 12 heavy (non-hydrogen) atoms. The lowest BCUT2D eigenvalue weighted by atomic mass is 9.85. The van der Waals surface area contributed by atoms with Crippen molar-refractivity contribution < 1.29 is 9.53 Å². The van der Waals surface area contributed by atoms with Gasteiger partial charge in [-0.05, 0) is 6.92 Å². The Labute approximate surface area is 76.5 Å². The van der Waals surface area contributed by atoms with Crippen LogP contribution in [0.5, 0.6) is 0 Å². The molecule has 0 radical (unpaired) electrons. The van der Waals surface area contributed by atoms with Gasteiger partial charge in [0.05, 0.1) is 5.60 Å². The number of ether oxygens (including phenoxy) is 1. The molecule has 0 amide bonds. The number of ketones is 1. The van der Waals surface area contributed by atoms with Gasteiger partial charge in [0.1, 0.15) is 11.5 Å². The van der Waals surface area contributed by atoms with Crippen molar-refractivity contribution in [2.24, 2.45) is 5.92 Å². The van der Waals surface area contributed by atoms with Crippen LogP contribution < -0.4 is 0 Å². The number of carbonyl (C=O) groups is 1. The van der Waals surface area contributed by atoms with E-state index in [2.05, 4.69) is 0 Å². The molecule has 0 aliphatic carbocycles. The minimum absolute atomic E-state index is 0.0976. The van der Waals surface area contributed by atoms with Crippen LogP contribution in [-0.4, -0.2) is 22.9 Å². The lowest BCUT2D eigenvalue weighted by Gasteiger charge is -2.37. The molecule has 0 aromatic rings. The summed E-state index contributed by atoms with van der Waals surface area (Å²) >= 11 is 5.89. The molecule has 3 heteroatoms. The normalized spacial score (nSPS) is 51.6. The zero-order valence-corrected chi connectivity index (χ0v) is 7.84. The molecule has 2 aliphatic rings. The second-order valence-electron chi connectivity index (χ2n) is 3.65. The standard InChI is InChI=1S/C9H11ClO2/c1-5-8(11)7(10)6-3-4-9(5,2)12-6/h3-7H,1-2H3. The summed E-state index contributed by atoms with van der Waals surface area (Å²) in [5.41, 5.74) is -0.410. The van der Waals surface area contributed by atoms with Gasteiger partial charge < -0.3 is 4.74 Å².